The highest BCUT2D eigenvalue weighted by Crippen LogP contribution is 2.26. The number of allylic oxidation sites excluding steroid dienone is 1. The van der Waals surface area contributed by atoms with Crippen molar-refractivity contribution in [2.45, 2.75) is 51.5 Å². The summed E-state index contributed by atoms with van der Waals surface area (Å²) in [6.07, 6.45) is 9.67. The predicted octanol–water partition coefficient (Wildman–Crippen LogP) is 2.29. The molecular weight excluding hydrogens is 244 g/mol. The number of carbonyl (C=O) groups is 2. The minimum atomic E-state index is -0.935. The molecule has 1 aliphatic rings. The third kappa shape index (κ3) is 5.77. The summed E-state index contributed by atoms with van der Waals surface area (Å²) in [7, 11) is 0. The predicted molar refractivity (Wildman–Crippen MR) is 74.0 cm³/mol. The number of nitrogens with one attached hydrogen (secondary N) is 2. The molecule has 0 heterocycles. The van der Waals surface area contributed by atoms with Gasteiger partial charge in [0.2, 0.25) is 0 Å². The summed E-state index contributed by atoms with van der Waals surface area (Å²) >= 11 is 0. The number of hydrogen-bond donors (Lipinski definition) is 3. The second-order valence-corrected chi connectivity index (χ2v) is 4.97. The van der Waals surface area contributed by atoms with Crippen molar-refractivity contribution in [2.75, 3.05) is 6.54 Å². The number of carbonyl (C=O) groups excluding carboxylic acids is 1. The van der Waals surface area contributed by atoms with Gasteiger partial charge in [-0.2, -0.15) is 0 Å². The molecule has 5 nitrogen and oxygen atoms in total. The topological polar surface area (TPSA) is 78.4 Å². The number of aliphatic carboxylic acids is 1. The van der Waals surface area contributed by atoms with Crippen LogP contribution in [0.5, 0.6) is 0 Å². The van der Waals surface area contributed by atoms with E-state index in [-0.39, 0.29) is 11.9 Å². The first-order valence-corrected chi connectivity index (χ1v) is 7.03. The number of rotatable bonds is 6. The fraction of sp³-hybridized carbons (Fsp3) is 0.714. The van der Waals surface area contributed by atoms with Gasteiger partial charge in [-0.05, 0) is 32.1 Å². The van der Waals surface area contributed by atoms with E-state index >= 15 is 0 Å². The Morgan fingerprint density at radius 1 is 1.32 bits per heavy atom. The van der Waals surface area contributed by atoms with Gasteiger partial charge in [0.1, 0.15) is 6.04 Å². The quantitative estimate of drug-likeness (QED) is 0.511. The third-order valence-corrected chi connectivity index (χ3v) is 3.51. The molecule has 1 atom stereocenters. The van der Waals surface area contributed by atoms with Crippen molar-refractivity contribution in [3.63, 3.8) is 0 Å². The Morgan fingerprint density at radius 2 is 2.00 bits per heavy atom. The van der Waals surface area contributed by atoms with Crippen LogP contribution in [0.25, 0.3) is 0 Å². The molecule has 0 bridgehead atoms. The van der Waals surface area contributed by atoms with Crippen LogP contribution >= 0.6 is 0 Å². The monoisotopic (exact) mass is 268 g/mol. The van der Waals surface area contributed by atoms with E-state index in [0.717, 1.165) is 32.1 Å². The summed E-state index contributed by atoms with van der Waals surface area (Å²) in [6.45, 7) is 2.44. The van der Waals surface area contributed by atoms with Gasteiger partial charge in [0.25, 0.3) is 0 Å². The number of urea groups is 1. The number of carboxylic acids is 1. The van der Waals surface area contributed by atoms with Gasteiger partial charge in [0.05, 0.1) is 0 Å². The molecule has 5 heteroatoms. The molecule has 0 radical (unpaired) electrons. The molecule has 1 saturated carbocycles. The second kappa shape index (κ2) is 8.56. The first kappa shape index (κ1) is 15.5. The van der Waals surface area contributed by atoms with E-state index in [1.54, 1.807) is 0 Å². The molecule has 108 valence electrons. The summed E-state index contributed by atoms with van der Waals surface area (Å²) in [5, 5.41) is 14.5. The van der Waals surface area contributed by atoms with E-state index < -0.39 is 12.0 Å². The molecule has 0 spiro atoms. The van der Waals surface area contributed by atoms with Gasteiger partial charge in [-0.1, -0.05) is 31.4 Å². The normalized spacial score (nSPS) is 18.2. The molecule has 0 saturated heterocycles. The SMILES string of the molecule is C/C=C/CCNC(=O)NC(C(=O)O)C1CCCCC1. The van der Waals surface area contributed by atoms with Crippen molar-refractivity contribution < 1.29 is 14.7 Å². The van der Waals surface area contributed by atoms with Crippen molar-refractivity contribution in [3.05, 3.63) is 12.2 Å². The average molecular weight is 268 g/mol. The molecule has 1 fully saturated rings. The van der Waals surface area contributed by atoms with Gasteiger partial charge in [-0.25, -0.2) is 9.59 Å². The van der Waals surface area contributed by atoms with Crippen LogP contribution in [0.15, 0.2) is 12.2 Å². The van der Waals surface area contributed by atoms with Crippen LogP contribution in [0.4, 0.5) is 4.79 Å². The lowest BCUT2D eigenvalue weighted by atomic mass is 9.84. The van der Waals surface area contributed by atoms with Crippen LogP contribution in [0.3, 0.4) is 0 Å². The van der Waals surface area contributed by atoms with Gasteiger partial charge in [-0.15, -0.1) is 0 Å². The zero-order valence-corrected chi connectivity index (χ0v) is 11.5. The molecule has 19 heavy (non-hydrogen) atoms. The fourth-order valence-corrected chi connectivity index (χ4v) is 2.48. The van der Waals surface area contributed by atoms with E-state index in [1.807, 2.05) is 19.1 Å². The van der Waals surface area contributed by atoms with Crippen molar-refractivity contribution in [3.8, 4) is 0 Å². The summed E-state index contributed by atoms with van der Waals surface area (Å²) in [6, 6.07) is -1.15. The van der Waals surface area contributed by atoms with Gasteiger partial charge in [-0.3, -0.25) is 0 Å². The van der Waals surface area contributed by atoms with Crippen molar-refractivity contribution in [1.29, 1.82) is 0 Å². The molecule has 1 unspecified atom stereocenters. The van der Waals surface area contributed by atoms with Crippen LogP contribution in [-0.2, 0) is 4.79 Å². The lowest BCUT2D eigenvalue weighted by Gasteiger charge is -2.28. The van der Waals surface area contributed by atoms with E-state index in [4.69, 9.17) is 0 Å². The second-order valence-electron chi connectivity index (χ2n) is 4.97. The fourth-order valence-electron chi connectivity index (χ4n) is 2.48. The van der Waals surface area contributed by atoms with Crippen LogP contribution in [0, 0.1) is 5.92 Å². The van der Waals surface area contributed by atoms with E-state index in [9.17, 15) is 14.7 Å². The number of amides is 2. The zero-order valence-electron chi connectivity index (χ0n) is 11.5. The van der Waals surface area contributed by atoms with Gasteiger partial charge in [0.15, 0.2) is 0 Å². The Kier molecular flexibility index (Phi) is 7.00. The average Bonchev–Trinajstić information content (AvgIpc) is 2.41. The Morgan fingerprint density at radius 3 is 2.58 bits per heavy atom. The van der Waals surface area contributed by atoms with Crippen LogP contribution < -0.4 is 10.6 Å². The van der Waals surface area contributed by atoms with Crippen molar-refractivity contribution >= 4 is 12.0 Å². The molecule has 0 aliphatic heterocycles. The molecular formula is C14H24N2O3. The van der Waals surface area contributed by atoms with E-state index in [1.165, 1.54) is 6.42 Å². The Labute approximate surface area is 114 Å². The maximum Gasteiger partial charge on any atom is 0.326 e. The highest BCUT2D eigenvalue weighted by molar-refractivity contribution is 5.82. The first-order chi connectivity index (χ1) is 9.15. The lowest BCUT2D eigenvalue weighted by molar-refractivity contribution is -0.141. The maximum atomic E-state index is 11.7. The minimum absolute atomic E-state index is 0.0625. The molecule has 0 aromatic carbocycles. The summed E-state index contributed by atoms with van der Waals surface area (Å²) in [4.78, 5) is 22.9. The molecule has 0 aromatic rings. The first-order valence-electron chi connectivity index (χ1n) is 7.03. The lowest BCUT2D eigenvalue weighted by Crippen LogP contribution is -2.50. The molecule has 3 N–H and O–H groups in total. The standard InChI is InChI=1S/C14H24N2O3/c1-2-3-7-10-15-14(19)16-12(13(17)18)11-8-5-4-6-9-11/h2-3,11-12H,4-10H2,1H3,(H,17,18)(H2,15,16,19)/b3-2+. The number of carboxylic acid groups (broad SMARTS) is 1. The number of hydrogen-bond acceptors (Lipinski definition) is 2. The molecule has 0 aromatic heterocycles. The largest absolute Gasteiger partial charge is 0.480 e. The highest BCUT2D eigenvalue weighted by atomic mass is 16.4. The van der Waals surface area contributed by atoms with Crippen LogP contribution in [0.2, 0.25) is 0 Å². The highest BCUT2D eigenvalue weighted by Gasteiger charge is 2.30. The molecule has 1 aliphatic carbocycles. The summed E-state index contributed by atoms with van der Waals surface area (Å²) in [5.74, 6) is -0.872. The van der Waals surface area contributed by atoms with Gasteiger partial charge >= 0.3 is 12.0 Å². The van der Waals surface area contributed by atoms with Gasteiger partial charge in [0, 0.05) is 6.54 Å². The minimum Gasteiger partial charge on any atom is -0.480 e. The summed E-state index contributed by atoms with van der Waals surface area (Å²) < 4.78 is 0. The van der Waals surface area contributed by atoms with Crippen LogP contribution in [0.1, 0.15) is 45.4 Å². The molecule has 2 amide bonds. The Hall–Kier alpha value is -1.52. The Balaban J connectivity index is 2.39. The van der Waals surface area contributed by atoms with Gasteiger partial charge < -0.3 is 15.7 Å². The Bertz CT molecular complexity index is 323. The maximum absolute atomic E-state index is 11.7. The van der Waals surface area contributed by atoms with E-state index in [2.05, 4.69) is 10.6 Å². The van der Waals surface area contributed by atoms with Crippen LogP contribution in [-0.4, -0.2) is 29.7 Å². The zero-order chi connectivity index (χ0) is 14.1. The smallest absolute Gasteiger partial charge is 0.326 e. The van der Waals surface area contributed by atoms with Crippen molar-refractivity contribution in [1.82, 2.24) is 10.6 Å². The molecule has 1 rings (SSSR count). The third-order valence-electron chi connectivity index (χ3n) is 3.51. The summed E-state index contributed by atoms with van der Waals surface area (Å²) in [5.41, 5.74) is 0. The van der Waals surface area contributed by atoms with E-state index in [0.29, 0.717) is 6.54 Å². The van der Waals surface area contributed by atoms with Crippen molar-refractivity contribution in [2.24, 2.45) is 5.92 Å².